The normalized spacial score (nSPS) is 24.9. The molecule has 1 aromatic carbocycles. The molecule has 4 unspecified atom stereocenters. The summed E-state index contributed by atoms with van der Waals surface area (Å²) in [7, 11) is 8.93. The van der Waals surface area contributed by atoms with Crippen molar-refractivity contribution >= 4 is 63.0 Å². The first-order valence-corrected chi connectivity index (χ1v) is 12.6. The molecule has 0 aliphatic carbocycles. The Bertz CT molecular complexity index is 1230. The maximum atomic E-state index is 14.5. The van der Waals surface area contributed by atoms with Gasteiger partial charge < -0.3 is 30.9 Å². The fourth-order valence-corrected chi connectivity index (χ4v) is 5.14. The molecule has 0 saturated carbocycles. The predicted octanol–water partition coefficient (Wildman–Crippen LogP) is -3.42. The highest BCUT2D eigenvalue weighted by atomic mass is 19.1. The second-order valence-electron chi connectivity index (χ2n) is 11.1. The number of benzene rings is 1. The topological polar surface area (TPSA) is 126 Å². The molecular weight excluding hydrogens is 492 g/mol. The number of rotatable bonds is 7. The maximum Gasteiger partial charge on any atom is 0.322 e. The first kappa shape index (κ1) is 28.3. The van der Waals surface area contributed by atoms with Gasteiger partial charge in [-0.2, -0.15) is 5.10 Å². The van der Waals surface area contributed by atoms with E-state index in [2.05, 4.69) is 15.7 Å². The molecule has 10 nitrogen and oxygen atoms in total. The van der Waals surface area contributed by atoms with Gasteiger partial charge in [-0.3, -0.25) is 4.90 Å². The van der Waals surface area contributed by atoms with Crippen LogP contribution < -0.4 is 10.6 Å². The minimum atomic E-state index is -1.77. The molecule has 17 heteroatoms. The van der Waals surface area contributed by atoms with Crippen LogP contribution in [0.2, 0.25) is 5.72 Å². The van der Waals surface area contributed by atoms with Crippen molar-refractivity contribution in [3.05, 3.63) is 47.7 Å². The van der Waals surface area contributed by atoms with Gasteiger partial charge in [0.1, 0.15) is 51.0 Å². The van der Waals surface area contributed by atoms with Gasteiger partial charge in [0, 0.05) is 18.3 Å². The number of halogens is 2. The van der Waals surface area contributed by atoms with Gasteiger partial charge in [-0.15, -0.1) is 0 Å². The first-order chi connectivity index (χ1) is 17.7. The summed E-state index contributed by atoms with van der Waals surface area (Å²) in [4.78, 5) is 16.1. The van der Waals surface area contributed by atoms with E-state index in [1.807, 2.05) is 15.7 Å². The fourth-order valence-electron chi connectivity index (χ4n) is 5.14. The summed E-state index contributed by atoms with van der Waals surface area (Å²) >= 11 is 0. The first-order valence-electron chi connectivity index (χ1n) is 12.6. The Kier molecular flexibility index (Phi) is 7.77. The number of carbonyl (C=O) groups excluding carboxylic acids is 1. The molecule has 38 heavy (non-hydrogen) atoms. The number of anilines is 2. The number of urea groups is 1. The van der Waals surface area contributed by atoms with E-state index in [0.717, 1.165) is 18.2 Å². The molecule has 2 amide bonds. The molecule has 0 spiro atoms. The van der Waals surface area contributed by atoms with Gasteiger partial charge in [-0.25, -0.2) is 18.3 Å². The van der Waals surface area contributed by atoms with Crippen molar-refractivity contribution < 1.29 is 28.9 Å². The van der Waals surface area contributed by atoms with E-state index in [1.165, 1.54) is 23.6 Å². The second kappa shape index (κ2) is 10.4. The van der Waals surface area contributed by atoms with Gasteiger partial charge in [0.2, 0.25) is 0 Å². The van der Waals surface area contributed by atoms with Crippen LogP contribution in [0.1, 0.15) is 24.6 Å². The molecule has 2 aliphatic rings. The lowest BCUT2D eigenvalue weighted by atomic mass is 9.60. The highest BCUT2D eigenvalue weighted by molar-refractivity contribution is 6.42. The monoisotopic (exact) mass is 524 g/mol. The zero-order valence-electron chi connectivity index (χ0n) is 22.2. The molecule has 1 fully saturated rings. The number of fused-ring (bicyclic) bond motifs is 1. The molecule has 3 heterocycles. The Balaban J connectivity index is 1.59. The SMILES string of the molecule is BC(B)CCN(C1C=Cn2ncc(NC(=O)N3C(B)(B)CC(O)C3(B)O)c2N1)C(O)c1cc(F)ccc1F. The molecular formula is C21H31B5F2N6O4. The van der Waals surface area contributed by atoms with Crippen molar-refractivity contribution in [2.45, 2.75) is 48.0 Å². The minimum Gasteiger partial charge on any atom is -0.389 e. The lowest BCUT2D eigenvalue weighted by Crippen LogP contribution is -2.61. The Hall–Kier alpha value is -2.74. The number of likely N-dealkylation sites (tertiary alicyclic amines) is 1. The van der Waals surface area contributed by atoms with Crippen molar-refractivity contribution in [2.75, 3.05) is 17.2 Å². The molecule has 2 aromatic rings. The van der Waals surface area contributed by atoms with E-state index in [4.69, 9.17) is 0 Å². The highest BCUT2D eigenvalue weighted by Gasteiger charge is 2.54. The highest BCUT2D eigenvalue weighted by Crippen LogP contribution is 2.36. The summed E-state index contributed by atoms with van der Waals surface area (Å²) in [6.45, 7) is 0.356. The van der Waals surface area contributed by atoms with Gasteiger partial charge in [0.15, 0.2) is 13.7 Å². The molecule has 2 aliphatic heterocycles. The number of hydrogen-bond acceptors (Lipinski definition) is 7. The molecule has 198 valence electrons. The molecule has 0 bridgehead atoms. The number of nitrogens with one attached hydrogen (secondary N) is 2. The Morgan fingerprint density at radius 2 is 2.03 bits per heavy atom. The van der Waals surface area contributed by atoms with E-state index in [9.17, 15) is 28.9 Å². The number of aliphatic hydroxyl groups excluding tert-OH is 2. The third-order valence-electron chi connectivity index (χ3n) is 7.19. The van der Waals surface area contributed by atoms with E-state index in [0.29, 0.717) is 24.5 Å². The molecule has 0 radical (unpaired) electrons. The fraction of sp³-hybridized carbons (Fsp3) is 0.429. The lowest BCUT2D eigenvalue weighted by molar-refractivity contribution is -0.0567. The summed E-state index contributed by atoms with van der Waals surface area (Å²) in [6, 6.07) is 2.32. The zero-order chi connectivity index (χ0) is 28.0. The van der Waals surface area contributed by atoms with Crippen LogP contribution in [0.15, 0.2) is 30.5 Å². The van der Waals surface area contributed by atoms with E-state index in [1.54, 1.807) is 32.9 Å². The number of aromatic nitrogens is 2. The molecule has 1 aromatic heterocycles. The van der Waals surface area contributed by atoms with Crippen LogP contribution in [0.4, 0.5) is 25.1 Å². The number of hydrogen-bond donors (Lipinski definition) is 5. The van der Waals surface area contributed by atoms with Crippen LogP contribution in [0.25, 0.3) is 6.20 Å². The Morgan fingerprint density at radius 3 is 2.66 bits per heavy atom. The van der Waals surface area contributed by atoms with Crippen molar-refractivity contribution in [3.63, 3.8) is 0 Å². The largest absolute Gasteiger partial charge is 0.389 e. The standard InChI is InChI=1S/C21H31B5F2N6O4/c22-15(23)3-5-32(18(36)11-7-10(27)1-2-12(11)28)16-4-6-33-17(31-16)13(9-29-33)30-19(37)34-20(24,25)8-14(35)21(34,26)38/h1-2,4,6-7,9,14-16,18,31,35-36,38H,3,5,8,22-26H2,(H,30,37). The van der Waals surface area contributed by atoms with Gasteiger partial charge in [0.25, 0.3) is 0 Å². The Morgan fingerprint density at radius 1 is 1.32 bits per heavy atom. The third-order valence-corrected chi connectivity index (χ3v) is 7.19. The number of aliphatic hydroxyl groups is 3. The summed E-state index contributed by atoms with van der Waals surface area (Å²) in [5.74, 6) is -0.997. The molecule has 4 atom stereocenters. The van der Waals surface area contributed by atoms with E-state index in [-0.39, 0.29) is 17.7 Å². The minimum absolute atomic E-state index is 0.186. The summed E-state index contributed by atoms with van der Waals surface area (Å²) in [5, 5.41) is 41.7. The summed E-state index contributed by atoms with van der Waals surface area (Å²) in [6.07, 6.45) is 2.43. The molecule has 5 N–H and O–H groups in total. The Labute approximate surface area is 224 Å². The molecule has 1 saturated heterocycles. The van der Waals surface area contributed by atoms with Crippen molar-refractivity contribution in [3.8, 4) is 0 Å². The average molecular weight is 524 g/mol. The summed E-state index contributed by atoms with van der Waals surface area (Å²) in [5.41, 5.74) is -1.38. The van der Waals surface area contributed by atoms with Crippen LogP contribution in [0, 0.1) is 11.6 Å². The van der Waals surface area contributed by atoms with Crippen LogP contribution in [0.3, 0.4) is 0 Å². The lowest BCUT2D eigenvalue weighted by Gasteiger charge is -2.40. The number of nitrogens with zero attached hydrogens (tertiary/aromatic N) is 4. The molecule has 4 rings (SSSR count). The average Bonchev–Trinajstić information content (AvgIpc) is 3.28. The number of amides is 2. The smallest absolute Gasteiger partial charge is 0.322 e. The maximum absolute atomic E-state index is 14.5. The van der Waals surface area contributed by atoms with Gasteiger partial charge >= 0.3 is 6.03 Å². The van der Waals surface area contributed by atoms with Crippen molar-refractivity contribution in [2.24, 2.45) is 0 Å². The van der Waals surface area contributed by atoms with Crippen LogP contribution in [-0.4, -0.2) is 110 Å². The van der Waals surface area contributed by atoms with E-state index < -0.39 is 47.1 Å². The van der Waals surface area contributed by atoms with Gasteiger partial charge in [0.05, 0.1) is 28.0 Å². The zero-order valence-corrected chi connectivity index (χ0v) is 22.2. The summed E-state index contributed by atoms with van der Waals surface area (Å²) < 4.78 is 29.9. The van der Waals surface area contributed by atoms with Crippen LogP contribution >= 0.6 is 0 Å². The van der Waals surface area contributed by atoms with Crippen LogP contribution in [-0.2, 0) is 0 Å². The van der Waals surface area contributed by atoms with Gasteiger partial charge in [-0.1, -0.05) is 12.1 Å². The quantitative estimate of drug-likeness (QED) is 0.189. The van der Waals surface area contributed by atoms with E-state index >= 15 is 0 Å². The van der Waals surface area contributed by atoms with Crippen LogP contribution in [0.5, 0.6) is 0 Å². The van der Waals surface area contributed by atoms with Crippen molar-refractivity contribution in [1.29, 1.82) is 0 Å². The number of carbonyl (C=O) groups is 1. The third kappa shape index (κ3) is 5.38. The van der Waals surface area contributed by atoms with Crippen molar-refractivity contribution in [1.82, 2.24) is 19.6 Å². The second-order valence-corrected chi connectivity index (χ2v) is 11.1. The van der Waals surface area contributed by atoms with Gasteiger partial charge in [-0.05, 0) is 36.0 Å². The predicted molar refractivity (Wildman–Crippen MR) is 153 cm³/mol.